The van der Waals surface area contributed by atoms with Crippen LogP contribution in [-0.4, -0.2) is 41.1 Å². The van der Waals surface area contributed by atoms with Crippen molar-refractivity contribution < 1.29 is 19.4 Å². The van der Waals surface area contributed by atoms with E-state index in [4.69, 9.17) is 9.47 Å². The summed E-state index contributed by atoms with van der Waals surface area (Å²) in [5, 5.41) is 9.24. The Morgan fingerprint density at radius 3 is 2.74 bits per heavy atom. The van der Waals surface area contributed by atoms with E-state index in [-0.39, 0.29) is 12.6 Å². The maximum Gasteiger partial charge on any atom is 0.410 e. The summed E-state index contributed by atoms with van der Waals surface area (Å²) in [4.78, 5) is 12.6. The summed E-state index contributed by atoms with van der Waals surface area (Å²) in [5.41, 5.74) is -0.806. The first-order valence-corrected chi connectivity index (χ1v) is 6.74. The molecule has 1 fully saturated rings. The van der Waals surface area contributed by atoms with Crippen molar-refractivity contribution in [2.75, 3.05) is 13.2 Å². The lowest BCUT2D eigenvalue weighted by molar-refractivity contribution is -0.0430. The summed E-state index contributed by atoms with van der Waals surface area (Å²) in [5.74, 6) is 0.707. The standard InChI is InChI=1S/C13H16BrNO4/c1-13(2)15(12(16)17)10(8-19-13)7-18-11-5-3-9(14)4-6-11/h3-6,10H,7-8H2,1-2H3,(H,16,17)/t10-/m1/s1. The van der Waals surface area contributed by atoms with Gasteiger partial charge in [0, 0.05) is 4.47 Å². The van der Waals surface area contributed by atoms with Crippen LogP contribution in [0.3, 0.4) is 0 Å². The number of ether oxygens (including phenoxy) is 2. The highest BCUT2D eigenvalue weighted by molar-refractivity contribution is 9.10. The molecule has 0 saturated carbocycles. The monoisotopic (exact) mass is 329 g/mol. The summed E-state index contributed by atoms with van der Waals surface area (Å²) in [6.45, 7) is 4.09. The van der Waals surface area contributed by atoms with E-state index in [2.05, 4.69) is 15.9 Å². The van der Waals surface area contributed by atoms with Crippen LogP contribution in [0.4, 0.5) is 4.79 Å². The number of carboxylic acid groups (broad SMARTS) is 1. The first-order valence-electron chi connectivity index (χ1n) is 5.95. The summed E-state index contributed by atoms with van der Waals surface area (Å²) in [6.07, 6.45) is -0.994. The molecule has 1 N–H and O–H groups in total. The van der Waals surface area contributed by atoms with Crippen molar-refractivity contribution in [2.24, 2.45) is 0 Å². The zero-order valence-corrected chi connectivity index (χ0v) is 12.4. The van der Waals surface area contributed by atoms with Crippen molar-refractivity contribution in [3.05, 3.63) is 28.7 Å². The molecule has 0 aliphatic carbocycles. The van der Waals surface area contributed by atoms with Crippen LogP contribution in [-0.2, 0) is 4.74 Å². The summed E-state index contributed by atoms with van der Waals surface area (Å²) in [6, 6.07) is 7.11. The number of amides is 1. The Labute approximate surface area is 120 Å². The van der Waals surface area contributed by atoms with Crippen molar-refractivity contribution in [3.63, 3.8) is 0 Å². The third-order valence-corrected chi connectivity index (χ3v) is 3.57. The van der Waals surface area contributed by atoms with Gasteiger partial charge in [-0.25, -0.2) is 4.79 Å². The quantitative estimate of drug-likeness (QED) is 0.926. The summed E-state index contributed by atoms with van der Waals surface area (Å²) >= 11 is 3.34. The van der Waals surface area contributed by atoms with Crippen molar-refractivity contribution in [3.8, 4) is 5.75 Å². The van der Waals surface area contributed by atoms with Gasteiger partial charge in [-0.3, -0.25) is 4.90 Å². The molecule has 6 heteroatoms. The third-order valence-electron chi connectivity index (χ3n) is 3.04. The van der Waals surface area contributed by atoms with Gasteiger partial charge in [0.15, 0.2) is 0 Å². The summed E-state index contributed by atoms with van der Waals surface area (Å²) < 4.78 is 12.1. The van der Waals surface area contributed by atoms with E-state index < -0.39 is 11.8 Å². The minimum absolute atomic E-state index is 0.275. The Balaban J connectivity index is 1.99. The van der Waals surface area contributed by atoms with Crippen LogP contribution in [0.15, 0.2) is 28.7 Å². The molecule has 0 bridgehead atoms. The molecular weight excluding hydrogens is 314 g/mol. The number of nitrogens with zero attached hydrogens (tertiary/aromatic N) is 1. The zero-order chi connectivity index (χ0) is 14.0. The van der Waals surface area contributed by atoms with Crippen LogP contribution in [0.25, 0.3) is 0 Å². The van der Waals surface area contributed by atoms with Crippen LogP contribution in [0.5, 0.6) is 5.75 Å². The molecule has 1 aromatic carbocycles. The largest absolute Gasteiger partial charge is 0.491 e. The molecule has 0 radical (unpaired) electrons. The molecular formula is C13H16BrNO4. The van der Waals surface area contributed by atoms with Gasteiger partial charge in [-0.2, -0.15) is 0 Å². The van der Waals surface area contributed by atoms with Gasteiger partial charge >= 0.3 is 6.09 Å². The van der Waals surface area contributed by atoms with Gasteiger partial charge in [0.25, 0.3) is 0 Å². The van der Waals surface area contributed by atoms with Gasteiger partial charge in [0.05, 0.1) is 12.6 Å². The van der Waals surface area contributed by atoms with E-state index in [1.807, 2.05) is 24.3 Å². The number of halogens is 1. The Kier molecular flexibility index (Phi) is 4.01. The van der Waals surface area contributed by atoms with Crippen LogP contribution in [0, 0.1) is 0 Å². The van der Waals surface area contributed by atoms with Crippen molar-refractivity contribution in [1.29, 1.82) is 0 Å². The average molecular weight is 330 g/mol. The van der Waals surface area contributed by atoms with Gasteiger partial charge in [0.2, 0.25) is 0 Å². The maximum absolute atomic E-state index is 11.3. The van der Waals surface area contributed by atoms with E-state index in [1.165, 1.54) is 4.90 Å². The van der Waals surface area contributed by atoms with E-state index in [9.17, 15) is 9.90 Å². The SMILES string of the molecule is CC1(C)OC[C@@H](COc2ccc(Br)cc2)N1C(=O)O. The highest BCUT2D eigenvalue weighted by Gasteiger charge is 2.44. The second-order valence-corrected chi connectivity index (χ2v) is 5.74. The van der Waals surface area contributed by atoms with Gasteiger partial charge < -0.3 is 14.6 Å². The predicted molar refractivity (Wildman–Crippen MR) is 73.3 cm³/mol. The summed E-state index contributed by atoms with van der Waals surface area (Å²) in [7, 11) is 0. The molecule has 1 heterocycles. The molecule has 1 saturated heterocycles. The molecule has 1 aromatic rings. The molecule has 0 spiro atoms. The van der Waals surface area contributed by atoms with Gasteiger partial charge in [0.1, 0.15) is 18.1 Å². The fraction of sp³-hybridized carbons (Fsp3) is 0.462. The Hall–Kier alpha value is -1.27. The van der Waals surface area contributed by atoms with E-state index in [0.29, 0.717) is 12.4 Å². The number of carbonyl (C=O) groups is 1. The lowest BCUT2D eigenvalue weighted by Crippen LogP contribution is -2.49. The van der Waals surface area contributed by atoms with Crippen molar-refractivity contribution in [1.82, 2.24) is 4.90 Å². The molecule has 0 aromatic heterocycles. The van der Waals surface area contributed by atoms with Crippen LogP contribution < -0.4 is 4.74 Å². The highest BCUT2D eigenvalue weighted by atomic mass is 79.9. The van der Waals surface area contributed by atoms with Crippen LogP contribution in [0.2, 0.25) is 0 Å². The average Bonchev–Trinajstić information content (AvgIpc) is 2.64. The van der Waals surface area contributed by atoms with E-state index >= 15 is 0 Å². The normalized spacial score (nSPS) is 21.4. The lowest BCUT2D eigenvalue weighted by atomic mass is 10.2. The molecule has 1 amide bonds. The van der Waals surface area contributed by atoms with E-state index in [1.54, 1.807) is 13.8 Å². The van der Waals surface area contributed by atoms with Gasteiger partial charge in [-0.05, 0) is 38.1 Å². The van der Waals surface area contributed by atoms with E-state index in [0.717, 1.165) is 4.47 Å². The highest BCUT2D eigenvalue weighted by Crippen LogP contribution is 2.28. The maximum atomic E-state index is 11.3. The third kappa shape index (κ3) is 3.19. The second-order valence-electron chi connectivity index (χ2n) is 4.83. The first kappa shape index (κ1) is 14.1. The lowest BCUT2D eigenvalue weighted by Gasteiger charge is -2.30. The fourth-order valence-corrected chi connectivity index (χ4v) is 2.38. The number of benzene rings is 1. The molecule has 1 atom stereocenters. The number of rotatable bonds is 3. The smallest absolute Gasteiger partial charge is 0.410 e. The molecule has 104 valence electrons. The molecule has 19 heavy (non-hydrogen) atoms. The van der Waals surface area contributed by atoms with Crippen molar-refractivity contribution in [2.45, 2.75) is 25.6 Å². The van der Waals surface area contributed by atoms with Gasteiger partial charge in [-0.1, -0.05) is 15.9 Å². The minimum atomic E-state index is -0.994. The van der Waals surface area contributed by atoms with Crippen molar-refractivity contribution >= 4 is 22.0 Å². The Bertz CT molecular complexity index is 460. The first-order chi connectivity index (χ1) is 8.90. The van der Waals surface area contributed by atoms with Crippen LogP contribution in [0.1, 0.15) is 13.8 Å². The number of hydrogen-bond acceptors (Lipinski definition) is 3. The zero-order valence-electron chi connectivity index (χ0n) is 10.8. The topological polar surface area (TPSA) is 59.0 Å². The number of hydrogen-bond donors (Lipinski definition) is 1. The molecule has 0 unspecified atom stereocenters. The molecule has 2 rings (SSSR count). The fourth-order valence-electron chi connectivity index (χ4n) is 2.12. The second kappa shape index (κ2) is 5.38. The minimum Gasteiger partial charge on any atom is -0.491 e. The van der Waals surface area contributed by atoms with Crippen LogP contribution >= 0.6 is 15.9 Å². The Morgan fingerprint density at radius 1 is 1.53 bits per heavy atom. The van der Waals surface area contributed by atoms with Gasteiger partial charge in [-0.15, -0.1) is 0 Å². The Morgan fingerprint density at radius 2 is 2.16 bits per heavy atom. The molecule has 1 aliphatic rings. The molecule has 5 nitrogen and oxygen atoms in total. The predicted octanol–water partition coefficient (Wildman–Crippen LogP) is 2.94. The molecule has 1 aliphatic heterocycles.